The third-order valence-electron chi connectivity index (χ3n) is 1.63. The second kappa shape index (κ2) is 4.02. The molecule has 1 aromatic rings. The Labute approximate surface area is 68.0 Å². The van der Waals surface area contributed by atoms with E-state index in [1.807, 2.05) is 12.1 Å². The van der Waals surface area contributed by atoms with E-state index in [4.69, 9.17) is 4.74 Å². The van der Waals surface area contributed by atoms with E-state index in [0.29, 0.717) is 0 Å². The Morgan fingerprint density at radius 1 is 1.27 bits per heavy atom. The summed E-state index contributed by atoms with van der Waals surface area (Å²) in [4.78, 5) is 0. The van der Waals surface area contributed by atoms with Crippen molar-refractivity contribution in [1.82, 2.24) is 0 Å². The minimum Gasteiger partial charge on any atom is -0.490 e. The topological polar surface area (TPSA) is 9.23 Å². The van der Waals surface area contributed by atoms with Crippen LogP contribution in [0.15, 0.2) is 24.3 Å². The van der Waals surface area contributed by atoms with E-state index in [2.05, 4.69) is 26.2 Å². The molecule has 0 heterocycles. The lowest BCUT2D eigenvalue weighted by Crippen LogP contribution is -1.83. The van der Waals surface area contributed by atoms with Crippen molar-refractivity contribution in [3.05, 3.63) is 36.9 Å². The maximum atomic E-state index is 4.80. The van der Waals surface area contributed by atoms with E-state index in [1.54, 1.807) is 0 Å². The molecular weight excluding hydrogens is 136 g/mol. The van der Waals surface area contributed by atoms with Crippen LogP contribution in [-0.4, -0.2) is 0 Å². The van der Waals surface area contributed by atoms with Gasteiger partial charge in [-0.05, 0) is 24.1 Å². The van der Waals surface area contributed by atoms with Crippen LogP contribution in [-0.2, 0) is 6.42 Å². The van der Waals surface area contributed by atoms with Gasteiger partial charge in [0.15, 0.2) is 0 Å². The van der Waals surface area contributed by atoms with Crippen molar-refractivity contribution >= 4 is 0 Å². The van der Waals surface area contributed by atoms with Gasteiger partial charge in [-0.1, -0.05) is 25.5 Å². The summed E-state index contributed by atoms with van der Waals surface area (Å²) in [5.74, 6) is 0.824. The summed E-state index contributed by atoms with van der Waals surface area (Å²) in [5.41, 5.74) is 1.35. The first-order chi connectivity index (χ1) is 5.36. The number of hydrogen-bond acceptors (Lipinski definition) is 1. The molecule has 1 aromatic carbocycles. The SMILES string of the molecule is [CH2]Oc1ccc(CCC)cc1. The van der Waals surface area contributed by atoms with E-state index in [0.717, 1.165) is 12.2 Å². The maximum absolute atomic E-state index is 4.80. The van der Waals surface area contributed by atoms with E-state index in [9.17, 15) is 0 Å². The van der Waals surface area contributed by atoms with Crippen LogP contribution in [0.5, 0.6) is 5.75 Å². The highest BCUT2D eigenvalue weighted by atomic mass is 16.5. The zero-order chi connectivity index (χ0) is 8.10. The quantitative estimate of drug-likeness (QED) is 0.642. The van der Waals surface area contributed by atoms with Crippen LogP contribution in [0.25, 0.3) is 0 Å². The van der Waals surface area contributed by atoms with Crippen LogP contribution in [0.1, 0.15) is 18.9 Å². The average molecular weight is 149 g/mol. The van der Waals surface area contributed by atoms with Crippen molar-refractivity contribution in [2.75, 3.05) is 0 Å². The second-order valence-electron chi connectivity index (χ2n) is 2.54. The highest BCUT2D eigenvalue weighted by Crippen LogP contribution is 2.12. The molecule has 0 bridgehead atoms. The molecule has 0 saturated carbocycles. The van der Waals surface area contributed by atoms with Crippen molar-refractivity contribution in [3.8, 4) is 5.75 Å². The summed E-state index contributed by atoms with van der Waals surface area (Å²) in [7, 11) is 3.33. The average Bonchev–Trinajstić information content (AvgIpc) is 2.07. The molecule has 1 radical (unpaired) electrons. The van der Waals surface area contributed by atoms with Crippen molar-refractivity contribution in [2.24, 2.45) is 0 Å². The summed E-state index contributed by atoms with van der Waals surface area (Å²) in [6.07, 6.45) is 2.32. The van der Waals surface area contributed by atoms with Gasteiger partial charge in [0.1, 0.15) is 12.9 Å². The second-order valence-corrected chi connectivity index (χ2v) is 2.54. The smallest absolute Gasteiger partial charge is 0.122 e. The van der Waals surface area contributed by atoms with Crippen LogP contribution in [0.4, 0.5) is 0 Å². The molecule has 0 amide bonds. The summed E-state index contributed by atoms with van der Waals surface area (Å²) < 4.78 is 4.80. The predicted octanol–water partition coefficient (Wildman–Crippen LogP) is 2.81. The van der Waals surface area contributed by atoms with Gasteiger partial charge in [0.25, 0.3) is 0 Å². The molecular formula is C10H13O. The summed E-state index contributed by atoms with van der Waals surface area (Å²) in [6.45, 7) is 2.17. The first-order valence-corrected chi connectivity index (χ1v) is 3.87. The maximum Gasteiger partial charge on any atom is 0.122 e. The molecule has 1 nitrogen and oxygen atoms in total. The monoisotopic (exact) mass is 149 g/mol. The zero-order valence-corrected chi connectivity index (χ0v) is 6.84. The number of aryl methyl sites for hydroxylation is 1. The molecule has 0 spiro atoms. The fourth-order valence-corrected chi connectivity index (χ4v) is 1.04. The molecule has 1 rings (SSSR count). The Balaban J connectivity index is 2.66. The fourth-order valence-electron chi connectivity index (χ4n) is 1.04. The molecule has 0 aliphatic heterocycles. The summed E-state index contributed by atoms with van der Waals surface area (Å²) >= 11 is 0. The Hall–Kier alpha value is -0.980. The van der Waals surface area contributed by atoms with E-state index >= 15 is 0 Å². The molecule has 0 aliphatic carbocycles. The van der Waals surface area contributed by atoms with Crippen LogP contribution in [0.3, 0.4) is 0 Å². The molecule has 0 unspecified atom stereocenters. The minimum absolute atomic E-state index is 0.824. The Morgan fingerprint density at radius 2 is 1.91 bits per heavy atom. The van der Waals surface area contributed by atoms with E-state index < -0.39 is 0 Å². The highest BCUT2D eigenvalue weighted by Gasteiger charge is 1.91. The van der Waals surface area contributed by atoms with Gasteiger partial charge >= 0.3 is 0 Å². The third kappa shape index (κ3) is 2.26. The van der Waals surface area contributed by atoms with Crippen LogP contribution < -0.4 is 4.74 Å². The largest absolute Gasteiger partial charge is 0.490 e. The summed E-state index contributed by atoms with van der Waals surface area (Å²) in [5, 5.41) is 0. The van der Waals surface area contributed by atoms with Crippen molar-refractivity contribution < 1.29 is 4.74 Å². The van der Waals surface area contributed by atoms with Crippen molar-refractivity contribution in [1.29, 1.82) is 0 Å². The fraction of sp³-hybridized carbons (Fsp3) is 0.300. The summed E-state index contributed by atoms with van der Waals surface area (Å²) in [6, 6.07) is 8.03. The molecule has 59 valence electrons. The number of rotatable bonds is 3. The predicted molar refractivity (Wildman–Crippen MR) is 46.4 cm³/mol. The van der Waals surface area contributed by atoms with Crippen molar-refractivity contribution in [3.63, 3.8) is 0 Å². The van der Waals surface area contributed by atoms with E-state index in [-0.39, 0.29) is 0 Å². The van der Waals surface area contributed by atoms with Gasteiger partial charge in [-0.25, -0.2) is 0 Å². The lowest BCUT2D eigenvalue weighted by molar-refractivity contribution is 0.473. The van der Waals surface area contributed by atoms with Gasteiger partial charge in [0.05, 0.1) is 0 Å². The molecule has 0 saturated heterocycles. The van der Waals surface area contributed by atoms with Crippen LogP contribution in [0.2, 0.25) is 0 Å². The molecule has 0 aliphatic rings. The van der Waals surface area contributed by atoms with Crippen LogP contribution in [0, 0.1) is 7.11 Å². The molecule has 11 heavy (non-hydrogen) atoms. The van der Waals surface area contributed by atoms with E-state index in [1.165, 1.54) is 12.0 Å². The third-order valence-corrected chi connectivity index (χ3v) is 1.63. The lowest BCUT2D eigenvalue weighted by atomic mass is 10.1. The number of hydrogen-bond donors (Lipinski definition) is 0. The van der Waals surface area contributed by atoms with Gasteiger partial charge in [-0.3, -0.25) is 0 Å². The standard InChI is InChI=1S/C10H13O/c1-3-4-9-5-7-10(11-2)8-6-9/h5-8H,2-4H2,1H3. The first kappa shape index (κ1) is 8.12. The zero-order valence-electron chi connectivity index (χ0n) is 6.84. The Bertz CT molecular complexity index is 201. The minimum atomic E-state index is 0.824. The van der Waals surface area contributed by atoms with Gasteiger partial charge in [-0.15, -0.1) is 0 Å². The number of ether oxygens (including phenoxy) is 1. The molecule has 0 aromatic heterocycles. The Morgan fingerprint density at radius 3 is 2.36 bits per heavy atom. The normalized spacial score (nSPS) is 9.64. The van der Waals surface area contributed by atoms with Crippen molar-refractivity contribution in [2.45, 2.75) is 19.8 Å². The lowest BCUT2D eigenvalue weighted by Gasteiger charge is -2.00. The molecule has 0 fully saturated rings. The highest BCUT2D eigenvalue weighted by molar-refractivity contribution is 5.27. The molecule has 0 N–H and O–H groups in total. The van der Waals surface area contributed by atoms with Gasteiger partial charge in [0, 0.05) is 0 Å². The van der Waals surface area contributed by atoms with Gasteiger partial charge in [0.2, 0.25) is 0 Å². The first-order valence-electron chi connectivity index (χ1n) is 3.87. The van der Waals surface area contributed by atoms with Crippen LogP contribution >= 0.6 is 0 Å². The van der Waals surface area contributed by atoms with Gasteiger partial charge in [-0.2, -0.15) is 0 Å². The molecule has 1 heteroatoms. The Kier molecular flexibility index (Phi) is 2.96. The van der Waals surface area contributed by atoms with Gasteiger partial charge < -0.3 is 4.74 Å². The number of benzene rings is 1. The molecule has 0 atom stereocenters.